The third kappa shape index (κ3) is 2.52. The molecule has 0 saturated carbocycles. The number of hydrogen-bond donors (Lipinski definition) is 0. The smallest absolute Gasteiger partial charge is 0.0962 e. The van der Waals surface area contributed by atoms with Gasteiger partial charge < -0.3 is 0 Å². The van der Waals surface area contributed by atoms with Crippen molar-refractivity contribution < 1.29 is 0 Å². The maximum Gasteiger partial charge on any atom is 0.0962 e. The van der Waals surface area contributed by atoms with Crippen LogP contribution in [0.4, 0.5) is 0 Å². The Bertz CT molecular complexity index is 517. The molecule has 0 aliphatic rings. The fourth-order valence-electron chi connectivity index (χ4n) is 1.29. The van der Waals surface area contributed by atoms with Gasteiger partial charge in [-0.05, 0) is 55.8 Å². The summed E-state index contributed by atoms with van der Waals surface area (Å²) in [7, 11) is 0. The van der Waals surface area contributed by atoms with Crippen LogP contribution < -0.4 is 0 Å². The summed E-state index contributed by atoms with van der Waals surface area (Å²) in [5.74, 6) is 0. The highest BCUT2D eigenvalue weighted by atomic mass is 79.9. The van der Waals surface area contributed by atoms with Crippen LogP contribution in [-0.2, 0) is 0 Å². The van der Waals surface area contributed by atoms with Crippen molar-refractivity contribution in [1.82, 2.24) is 0 Å². The highest BCUT2D eigenvalue weighted by Gasteiger charge is 2.21. The maximum atomic E-state index is 6.45. The summed E-state index contributed by atoms with van der Waals surface area (Å²) in [5.41, 5.74) is 2.14. The maximum absolute atomic E-state index is 6.45. The molecule has 1 unspecified atom stereocenters. The van der Waals surface area contributed by atoms with Gasteiger partial charge in [0.05, 0.1) is 18.0 Å². The predicted molar refractivity (Wildman–Crippen MR) is 81.5 cm³/mol. The van der Waals surface area contributed by atoms with E-state index in [0.717, 1.165) is 28.6 Å². The van der Waals surface area contributed by atoms with E-state index in [1.165, 1.54) is 0 Å². The number of alkyl halides is 1. The van der Waals surface area contributed by atoms with Crippen molar-refractivity contribution >= 4 is 77.7 Å². The average molecular weight is 421 g/mol. The molecule has 0 saturated heterocycles. The number of aryl methyl sites for hydroxylation is 1. The van der Waals surface area contributed by atoms with Crippen molar-refractivity contribution in [3.8, 4) is 0 Å². The van der Waals surface area contributed by atoms with Gasteiger partial charge in [-0.2, -0.15) is 0 Å². The second-order valence-electron chi connectivity index (χ2n) is 3.24. The summed E-state index contributed by atoms with van der Waals surface area (Å²) >= 11 is 22.8. The van der Waals surface area contributed by atoms with E-state index < -0.39 is 0 Å². The van der Waals surface area contributed by atoms with Crippen LogP contribution in [0.15, 0.2) is 19.0 Å². The SMILES string of the molecule is Cc1csc(C(Cl)c2cc(Br)sc2Br)c1Cl. The van der Waals surface area contributed by atoms with E-state index in [1.54, 1.807) is 22.7 Å². The van der Waals surface area contributed by atoms with Crippen LogP contribution in [0, 0.1) is 6.92 Å². The van der Waals surface area contributed by atoms with Crippen molar-refractivity contribution in [2.75, 3.05) is 0 Å². The first-order valence-electron chi connectivity index (χ1n) is 4.33. The van der Waals surface area contributed by atoms with Gasteiger partial charge in [0.15, 0.2) is 0 Å². The minimum atomic E-state index is -0.192. The van der Waals surface area contributed by atoms with Gasteiger partial charge in [-0.15, -0.1) is 34.3 Å². The first-order valence-corrected chi connectivity index (χ1v) is 8.42. The summed E-state index contributed by atoms with van der Waals surface area (Å²) in [6.45, 7) is 1.99. The Morgan fingerprint density at radius 2 is 2.06 bits per heavy atom. The molecule has 0 bridgehead atoms. The molecule has 0 radical (unpaired) electrons. The lowest BCUT2D eigenvalue weighted by Crippen LogP contribution is -1.89. The fraction of sp³-hybridized carbons (Fsp3) is 0.200. The second kappa shape index (κ2) is 5.29. The van der Waals surface area contributed by atoms with Gasteiger partial charge in [-0.3, -0.25) is 0 Å². The Labute approximate surface area is 129 Å². The zero-order valence-electron chi connectivity index (χ0n) is 8.06. The third-order valence-electron chi connectivity index (χ3n) is 2.11. The van der Waals surface area contributed by atoms with Crippen LogP contribution >= 0.6 is 77.7 Å². The van der Waals surface area contributed by atoms with Crippen LogP contribution in [-0.4, -0.2) is 0 Å². The van der Waals surface area contributed by atoms with Gasteiger partial charge in [0.25, 0.3) is 0 Å². The quantitative estimate of drug-likeness (QED) is 0.478. The minimum absolute atomic E-state index is 0.192. The summed E-state index contributed by atoms with van der Waals surface area (Å²) in [6.07, 6.45) is 0. The first kappa shape index (κ1) is 13.4. The number of thiophene rings is 2. The van der Waals surface area contributed by atoms with E-state index in [4.69, 9.17) is 23.2 Å². The van der Waals surface area contributed by atoms with Crippen molar-refractivity contribution in [1.29, 1.82) is 0 Å². The lowest BCUT2D eigenvalue weighted by Gasteiger charge is -2.07. The van der Waals surface area contributed by atoms with E-state index >= 15 is 0 Å². The molecule has 0 nitrogen and oxygen atoms in total. The molecule has 2 rings (SSSR count). The Morgan fingerprint density at radius 1 is 1.38 bits per heavy atom. The molecule has 2 heterocycles. The number of rotatable bonds is 2. The van der Waals surface area contributed by atoms with Crippen molar-refractivity contribution in [2.45, 2.75) is 12.3 Å². The minimum Gasteiger partial charge on any atom is -0.145 e. The zero-order valence-corrected chi connectivity index (χ0v) is 14.4. The van der Waals surface area contributed by atoms with Crippen LogP contribution in [0.2, 0.25) is 5.02 Å². The molecular formula is C10H6Br2Cl2S2. The molecule has 0 spiro atoms. The van der Waals surface area contributed by atoms with E-state index in [2.05, 4.69) is 31.9 Å². The Hall–Kier alpha value is 0.940. The van der Waals surface area contributed by atoms with Gasteiger partial charge in [-0.25, -0.2) is 0 Å². The average Bonchev–Trinajstić information content (AvgIpc) is 2.71. The van der Waals surface area contributed by atoms with Gasteiger partial charge in [-0.1, -0.05) is 11.6 Å². The highest BCUT2D eigenvalue weighted by molar-refractivity contribution is 9.12. The van der Waals surface area contributed by atoms with E-state index in [-0.39, 0.29) is 5.38 Å². The van der Waals surface area contributed by atoms with Crippen LogP contribution in [0.3, 0.4) is 0 Å². The fourth-order valence-corrected chi connectivity index (χ4v) is 6.17. The molecule has 0 aromatic carbocycles. The van der Waals surface area contributed by atoms with Gasteiger partial charge in [0.2, 0.25) is 0 Å². The molecule has 0 N–H and O–H groups in total. The first-order chi connectivity index (χ1) is 7.50. The molecule has 0 aliphatic carbocycles. The Morgan fingerprint density at radius 3 is 2.50 bits per heavy atom. The molecule has 0 aliphatic heterocycles. The third-order valence-corrected chi connectivity index (χ3v) is 6.86. The van der Waals surface area contributed by atoms with E-state index in [1.807, 2.05) is 18.4 Å². The lowest BCUT2D eigenvalue weighted by atomic mass is 10.2. The molecule has 1 atom stereocenters. The van der Waals surface area contributed by atoms with Crippen molar-refractivity contribution in [2.24, 2.45) is 0 Å². The monoisotopic (exact) mass is 418 g/mol. The highest BCUT2D eigenvalue weighted by Crippen LogP contribution is 2.45. The lowest BCUT2D eigenvalue weighted by molar-refractivity contribution is 1.19. The van der Waals surface area contributed by atoms with Crippen LogP contribution in [0.1, 0.15) is 21.4 Å². The molecule has 0 amide bonds. The molecule has 6 heteroatoms. The zero-order chi connectivity index (χ0) is 11.9. The normalized spacial score (nSPS) is 13.1. The summed E-state index contributed by atoms with van der Waals surface area (Å²) in [4.78, 5) is 1.01. The van der Waals surface area contributed by atoms with Crippen molar-refractivity contribution in [3.05, 3.63) is 40.0 Å². The predicted octanol–water partition coefficient (Wildman–Crippen LogP) is 6.62. The number of hydrogen-bond acceptors (Lipinski definition) is 2. The van der Waals surface area contributed by atoms with Crippen LogP contribution in [0.5, 0.6) is 0 Å². The molecule has 0 fully saturated rings. The molecular weight excluding hydrogens is 415 g/mol. The second-order valence-corrected chi connectivity index (χ2v) is 8.71. The largest absolute Gasteiger partial charge is 0.145 e. The summed E-state index contributed by atoms with van der Waals surface area (Å²) < 4.78 is 2.10. The van der Waals surface area contributed by atoms with Crippen LogP contribution in [0.25, 0.3) is 0 Å². The standard InChI is InChI=1S/C10H6Br2Cl2S2/c1-4-3-15-9(7(4)13)8(14)5-2-6(11)16-10(5)12/h2-3,8H,1H3. The topological polar surface area (TPSA) is 0 Å². The van der Waals surface area contributed by atoms with Crippen molar-refractivity contribution in [3.63, 3.8) is 0 Å². The molecule has 16 heavy (non-hydrogen) atoms. The summed E-state index contributed by atoms with van der Waals surface area (Å²) in [5, 5.41) is 2.62. The van der Waals surface area contributed by atoms with Gasteiger partial charge in [0.1, 0.15) is 0 Å². The molecule has 86 valence electrons. The van der Waals surface area contributed by atoms with E-state index in [9.17, 15) is 0 Å². The van der Waals surface area contributed by atoms with Gasteiger partial charge in [0, 0.05) is 10.4 Å². The Balaban J connectivity index is 2.42. The van der Waals surface area contributed by atoms with Gasteiger partial charge >= 0.3 is 0 Å². The Kier molecular flexibility index (Phi) is 4.42. The van der Waals surface area contributed by atoms with E-state index in [0.29, 0.717) is 0 Å². The molecule has 2 aromatic heterocycles. The number of halogens is 4. The molecule has 2 aromatic rings. The summed E-state index contributed by atoms with van der Waals surface area (Å²) in [6, 6.07) is 2.03.